The highest BCUT2D eigenvalue weighted by Gasteiger charge is 2.37. The summed E-state index contributed by atoms with van der Waals surface area (Å²) in [5, 5.41) is 2.38. The van der Waals surface area contributed by atoms with E-state index in [9.17, 15) is 18.8 Å². The van der Waals surface area contributed by atoms with Gasteiger partial charge in [-0.2, -0.15) is 0 Å². The number of benzene rings is 3. The average Bonchev–Trinajstić information content (AvgIpc) is 2.74. The Labute approximate surface area is 196 Å². The van der Waals surface area contributed by atoms with Crippen molar-refractivity contribution in [2.75, 3.05) is 4.90 Å². The van der Waals surface area contributed by atoms with Gasteiger partial charge in [0.25, 0.3) is 11.8 Å². The lowest BCUT2D eigenvalue weighted by Crippen LogP contribution is -2.54. The molecule has 1 aliphatic heterocycles. The predicted molar refractivity (Wildman–Crippen MR) is 124 cm³/mol. The fourth-order valence-corrected chi connectivity index (χ4v) is 4.10. The second-order valence-electron chi connectivity index (χ2n) is 7.07. The van der Waals surface area contributed by atoms with Gasteiger partial charge in [-0.1, -0.05) is 63.9 Å². The average molecular weight is 514 g/mol. The molecule has 1 N–H and O–H groups in total. The smallest absolute Gasteiger partial charge is 0.273 e. The van der Waals surface area contributed by atoms with Crippen molar-refractivity contribution in [3.63, 3.8) is 0 Å². The molecule has 0 bridgehead atoms. The minimum Gasteiger partial charge on any atom is -0.273 e. The first-order valence-corrected chi connectivity index (χ1v) is 10.7. The number of nitrogens with one attached hydrogen (secondary N) is 1. The number of nitrogens with zero attached hydrogens (tertiary/aromatic N) is 1. The van der Waals surface area contributed by atoms with Crippen LogP contribution in [0.1, 0.15) is 16.7 Å². The molecule has 3 aromatic rings. The first kappa shape index (κ1) is 21.9. The highest BCUT2D eigenvalue weighted by atomic mass is 79.9. The van der Waals surface area contributed by atoms with Gasteiger partial charge in [0.1, 0.15) is 11.4 Å². The van der Waals surface area contributed by atoms with Crippen molar-refractivity contribution < 1.29 is 18.8 Å². The molecule has 1 heterocycles. The van der Waals surface area contributed by atoms with Gasteiger partial charge < -0.3 is 0 Å². The summed E-state index contributed by atoms with van der Waals surface area (Å²) < 4.78 is 14.2. The van der Waals surface area contributed by atoms with Gasteiger partial charge in [0, 0.05) is 4.47 Å². The molecule has 4 amide bonds. The lowest BCUT2D eigenvalue weighted by Gasteiger charge is -2.27. The molecule has 4 rings (SSSR count). The van der Waals surface area contributed by atoms with Crippen molar-refractivity contribution in [3.8, 4) is 0 Å². The molecule has 0 aliphatic carbocycles. The molecule has 0 aromatic heterocycles. The molecule has 1 saturated heterocycles. The van der Waals surface area contributed by atoms with E-state index in [0.717, 1.165) is 20.5 Å². The summed E-state index contributed by atoms with van der Waals surface area (Å²) in [4.78, 5) is 38.5. The van der Waals surface area contributed by atoms with Crippen LogP contribution in [0.15, 0.2) is 76.8 Å². The Kier molecular flexibility index (Phi) is 6.21. The highest BCUT2D eigenvalue weighted by molar-refractivity contribution is 9.10. The normalized spacial score (nSPS) is 15.3. The largest absolute Gasteiger partial charge is 0.335 e. The maximum Gasteiger partial charge on any atom is 0.335 e. The van der Waals surface area contributed by atoms with Crippen molar-refractivity contribution in [1.82, 2.24) is 5.32 Å². The van der Waals surface area contributed by atoms with Crippen LogP contribution in [0, 0.1) is 5.82 Å². The Morgan fingerprint density at radius 1 is 1.00 bits per heavy atom. The fourth-order valence-electron chi connectivity index (χ4n) is 3.34. The molecule has 0 unspecified atom stereocenters. The van der Waals surface area contributed by atoms with Gasteiger partial charge in [-0.25, -0.2) is 14.1 Å². The number of imide groups is 2. The predicted octanol–water partition coefficient (Wildman–Crippen LogP) is 5.50. The quantitative estimate of drug-likeness (QED) is 0.370. The SMILES string of the molecule is O=C1NC(=O)N(c2ccccc2Cl)C(=O)/C1=C/c1ccc(Cc2cccc(F)c2)c(Br)c1. The number of halogens is 3. The second-order valence-corrected chi connectivity index (χ2v) is 8.33. The number of para-hydroxylation sites is 1. The zero-order valence-electron chi connectivity index (χ0n) is 16.4. The van der Waals surface area contributed by atoms with Gasteiger partial charge in [-0.15, -0.1) is 0 Å². The van der Waals surface area contributed by atoms with E-state index in [1.807, 2.05) is 12.1 Å². The Morgan fingerprint density at radius 2 is 1.78 bits per heavy atom. The number of anilines is 1. The van der Waals surface area contributed by atoms with E-state index in [1.54, 1.807) is 36.4 Å². The molecule has 1 fully saturated rings. The number of carbonyl (C=O) groups excluding carboxylic acids is 3. The minimum absolute atomic E-state index is 0.182. The van der Waals surface area contributed by atoms with Crippen LogP contribution in [-0.2, 0) is 16.0 Å². The minimum atomic E-state index is -0.864. The number of barbiturate groups is 1. The molecule has 1 aliphatic rings. The Bertz CT molecular complexity index is 1290. The molecule has 3 aromatic carbocycles. The molecular weight excluding hydrogens is 499 g/mol. The van der Waals surface area contributed by atoms with E-state index < -0.39 is 17.8 Å². The Balaban J connectivity index is 1.64. The van der Waals surface area contributed by atoms with E-state index in [2.05, 4.69) is 21.2 Å². The van der Waals surface area contributed by atoms with Crippen LogP contribution in [-0.4, -0.2) is 17.8 Å². The number of rotatable bonds is 4. The maximum absolute atomic E-state index is 13.4. The molecule has 160 valence electrons. The van der Waals surface area contributed by atoms with Gasteiger partial charge in [0.05, 0.1) is 10.7 Å². The van der Waals surface area contributed by atoms with Crippen LogP contribution in [0.2, 0.25) is 5.02 Å². The first-order valence-electron chi connectivity index (χ1n) is 9.52. The number of carbonyl (C=O) groups is 3. The van der Waals surface area contributed by atoms with Crippen molar-refractivity contribution in [2.24, 2.45) is 0 Å². The van der Waals surface area contributed by atoms with Gasteiger partial charge in [-0.3, -0.25) is 14.9 Å². The summed E-state index contributed by atoms with van der Waals surface area (Å²) in [7, 11) is 0. The first-order chi connectivity index (χ1) is 15.3. The van der Waals surface area contributed by atoms with Crippen LogP contribution >= 0.6 is 27.5 Å². The molecule has 32 heavy (non-hydrogen) atoms. The lowest BCUT2D eigenvalue weighted by atomic mass is 10.0. The monoisotopic (exact) mass is 512 g/mol. The van der Waals surface area contributed by atoms with Crippen LogP contribution in [0.5, 0.6) is 0 Å². The Morgan fingerprint density at radius 3 is 2.50 bits per heavy atom. The molecule has 8 heteroatoms. The van der Waals surface area contributed by atoms with Crippen LogP contribution in [0.3, 0.4) is 0 Å². The highest BCUT2D eigenvalue weighted by Crippen LogP contribution is 2.29. The third-order valence-electron chi connectivity index (χ3n) is 4.87. The number of urea groups is 1. The standard InChI is InChI=1S/C24H15BrClFN2O3/c25-19-13-15(8-9-16(19)10-14-4-3-5-17(27)11-14)12-18-22(30)28-24(32)29(23(18)31)21-7-2-1-6-20(21)26/h1-9,11-13H,10H2,(H,28,30,32)/b18-12+. The summed E-state index contributed by atoms with van der Waals surface area (Å²) in [6.07, 6.45) is 1.91. The summed E-state index contributed by atoms with van der Waals surface area (Å²) in [6.45, 7) is 0. The van der Waals surface area contributed by atoms with E-state index in [-0.39, 0.29) is 22.1 Å². The van der Waals surface area contributed by atoms with Gasteiger partial charge in [-0.05, 0) is 59.5 Å². The number of hydrogen-bond acceptors (Lipinski definition) is 3. The van der Waals surface area contributed by atoms with Crippen LogP contribution < -0.4 is 10.2 Å². The topological polar surface area (TPSA) is 66.5 Å². The fraction of sp³-hybridized carbons (Fsp3) is 0.0417. The van der Waals surface area contributed by atoms with E-state index in [0.29, 0.717) is 12.0 Å². The second kappa shape index (κ2) is 9.06. The molecule has 0 spiro atoms. The van der Waals surface area contributed by atoms with E-state index in [1.165, 1.54) is 24.3 Å². The molecule has 0 radical (unpaired) electrons. The maximum atomic E-state index is 13.4. The zero-order chi connectivity index (χ0) is 22.8. The van der Waals surface area contributed by atoms with Crippen molar-refractivity contribution in [1.29, 1.82) is 0 Å². The molecule has 0 atom stereocenters. The number of hydrogen-bond donors (Lipinski definition) is 1. The van der Waals surface area contributed by atoms with Gasteiger partial charge in [0.2, 0.25) is 0 Å². The molecule has 0 saturated carbocycles. The van der Waals surface area contributed by atoms with Gasteiger partial charge in [0.15, 0.2) is 0 Å². The molecule has 5 nitrogen and oxygen atoms in total. The summed E-state index contributed by atoms with van der Waals surface area (Å²) in [5.41, 5.74) is 2.28. The van der Waals surface area contributed by atoms with E-state index in [4.69, 9.17) is 11.6 Å². The number of amides is 4. The zero-order valence-corrected chi connectivity index (χ0v) is 18.8. The third-order valence-corrected chi connectivity index (χ3v) is 5.92. The van der Waals surface area contributed by atoms with Crippen LogP contribution in [0.4, 0.5) is 14.9 Å². The summed E-state index contributed by atoms with van der Waals surface area (Å²) in [5.74, 6) is -1.87. The van der Waals surface area contributed by atoms with Crippen LogP contribution in [0.25, 0.3) is 6.08 Å². The van der Waals surface area contributed by atoms with Crippen molar-refractivity contribution >= 4 is 57.1 Å². The lowest BCUT2D eigenvalue weighted by molar-refractivity contribution is -0.122. The summed E-state index contributed by atoms with van der Waals surface area (Å²) in [6, 6.07) is 17.1. The van der Waals surface area contributed by atoms with E-state index >= 15 is 0 Å². The van der Waals surface area contributed by atoms with Gasteiger partial charge >= 0.3 is 6.03 Å². The summed E-state index contributed by atoms with van der Waals surface area (Å²) >= 11 is 9.63. The Hall–Kier alpha value is -3.29. The van der Waals surface area contributed by atoms with Crippen molar-refractivity contribution in [3.05, 3.63) is 104 Å². The molecular formula is C24H15BrClFN2O3. The third kappa shape index (κ3) is 4.49. The van der Waals surface area contributed by atoms with Crippen molar-refractivity contribution in [2.45, 2.75) is 6.42 Å².